The number of hydrogen-bond acceptors (Lipinski definition) is 5. The number of fused-ring (bicyclic) bond motifs is 1. The number of amides is 1. The number of carbonyl (C=O) groups is 1. The minimum absolute atomic E-state index is 0.0698. The highest BCUT2D eigenvalue weighted by Gasteiger charge is 2.17. The van der Waals surface area contributed by atoms with Crippen LogP contribution < -0.4 is 10.6 Å². The van der Waals surface area contributed by atoms with Crippen LogP contribution in [-0.2, 0) is 0 Å². The van der Waals surface area contributed by atoms with Crippen LogP contribution in [0.3, 0.4) is 0 Å². The molecule has 0 aliphatic rings. The highest BCUT2D eigenvalue weighted by Crippen LogP contribution is 2.30. The first-order valence-electron chi connectivity index (χ1n) is 7.49. The molecule has 124 valence electrons. The van der Waals surface area contributed by atoms with E-state index >= 15 is 0 Å². The molecule has 6 nitrogen and oxygen atoms in total. The van der Waals surface area contributed by atoms with Gasteiger partial charge in [-0.3, -0.25) is 4.79 Å². The normalized spacial score (nSPS) is 10.7. The molecule has 0 aliphatic carbocycles. The molecule has 0 aliphatic heterocycles. The van der Waals surface area contributed by atoms with Crippen molar-refractivity contribution in [3.8, 4) is 16.5 Å². The molecule has 24 heavy (non-hydrogen) atoms. The van der Waals surface area contributed by atoms with Crippen molar-refractivity contribution in [3.05, 3.63) is 47.5 Å². The molecule has 2 aromatic heterocycles. The van der Waals surface area contributed by atoms with Gasteiger partial charge in [0, 0.05) is 25.7 Å². The zero-order valence-electron chi connectivity index (χ0n) is 13.2. The number of benzene rings is 1. The largest absolute Gasteiger partial charge is 0.506 e. The lowest BCUT2D eigenvalue weighted by molar-refractivity contribution is 0.0955. The van der Waals surface area contributed by atoms with Crippen LogP contribution in [0.25, 0.3) is 21.7 Å². The number of phenolic OH excluding ortho intramolecular Hbond substituents is 1. The Morgan fingerprint density at radius 1 is 1.42 bits per heavy atom. The Labute approximate surface area is 143 Å². The van der Waals surface area contributed by atoms with E-state index in [1.807, 2.05) is 17.5 Å². The lowest BCUT2D eigenvalue weighted by atomic mass is 10.1. The van der Waals surface area contributed by atoms with E-state index in [9.17, 15) is 9.90 Å². The maximum absolute atomic E-state index is 12.4. The monoisotopic (exact) mass is 342 g/mol. The van der Waals surface area contributed by atoms with Crippen LogP contribution in [0.2, 0.25) is 0 Å². The number of aromatic hydroxyl groups is 1. The lowest BCUT2D eigenvalue weighted by Crippen LogP contribution is -2.26. The second-order valence-electron chi connectivity index (χ2n) is 5.28. The van der Waals surface area contributed by atoms with Crippen LogP contribution in [0.5, 0.6) is 5.75 Å². The predicted octanol–water partition coefficient (Wildman–Crippen LogP) is 2.85. The molecular formula is C17H18N4O2S. The second-order valence-corrected chi connectivity index (χ2v) is 6.23. The molecule has 1 aromatic carbocycles. The summed E-state index contributed by atoms with van der Waals surface area (Å²) in [5, 5.41) is 17.8. The first-order valence-corrected chi connectivity index (χ1v) is 8.37. The number of phenols is 1. The van der Waals surface area contributed by atoms with Gasteiger partial charge in [-0.25, -0.2) is 4.98 Å². The van der Waals surface area contributed by atoms with Crippen LogP contribution in [0.4, 0.5) is 0 Å². The smallest absolute Gasteiger partial charge is 0.253 e. The molecule has 0 bridgehead atoms. The van der Waals surface area contributed by atoms with Gasteiger partial charge in [0.15, 0.2) is 0 Å². The van der Waals surface area contributed by atoms with E-state index in [0.717, 1.165) is 10.6 Å². The minimum atomic E-state index is -0.229. The fourth-order valence-electron chi connectivity index (χ4n) is 2.34. The summed E-state index contributed by atoms with van der Waals surface area (Å²) >= 11 is 1.54. The number of aromatic nitrogens is 2. The number of imidazole rings is 1. The Morgan fingerprint density at radius 3 is 2.96 bits per heavy atom. The van der Waals surface area contributed by atoms with Crippen LogP contribution in [0.1, 0.15) is 16.8 Å². The molecule has 0 unspecified atom stereocenters. The van der Waals surface area contributed by atoms with Crippen molar-refractivity contribution in [2.45, 2.75) is 6.42 Å². The van der Waals surface area contributed by atoms with Crippen molar-refractivity contribution in [2.75, 3.05) is 13.6 Å². The molecule has 2 heterocycles. The quantitative estimate of drug-likeness (QED) is 0.554. The maximum atomic E-state index is 12.4. The van der Waals surface area contributed by atoms with Crippen molar-refractivity contribution in [1.29, 1.82) is 0 Å². The zero-order valence-corrected chi connectivity index (χ0v) is 14.0. The third-order valence-corrected chi connectivity index (χ3v) is 4.56. The van der Waals surface area contributed by atoms with Crippen molar-refractivity contribution < 1.29 is 9.90 Å². The van der Waals surface area contributed by atoms with E-state index in [0.29, 0.717) is 35.4 Å². The number of nitrogens with one attached hydrogen (secondary N) is 3. The Bertz CT molecular complexity index is 884. The summed E-state index contributed by atoms with van der Waals surface area (Å²) < 4.78 is 0. The number of rotatable bonds is 6. The van der Waals surface area contributed by atoms with Gasteiger partial charge >= 0.3 is 0 Å². The predicted molar refractivity (Wildman–Crippen MR) is 96.2 cm³/mol. The van der Waals surface area contributed by atoms with E-state index in [2.05, 4.69) is 27.2 Å². The van der Waals surface area contributed by atoms with Crippen LogP contribution in [0.15, 0.2) is 41.9 Å². The number of hydrogen-bond donors (Lipinski definition) is 4. The Morgan fingerprint density at radius 2 is 2.25 bits per heavy atom. The van der Waals surface area contributed by atoms with Crippen molar-refractivity contribution in [1.82, 2.24) is 20.6 Å². The van der Waals surface area contributed by atoms with Gasteiger partial charge < -0.3 is 20.7 Å². The average Bonchev–Trinajstić information content (AvgIpc) is 3.24. The van der Waals surface area contributed by atoms with Gasteiger partial charge in [-0.15, -0.1) is 11.3 Å². The Hall–Kier alpha value is -2.80. The third kappa shape index (κ3) is 3.11. The number of carbonyl (C=O) groups excluding carboxylic acids is 1. The number of thiophene rings is 1. The molecule has 0 radical (unpaired) electrons. The molecule has 0 saturated heterocycles. The van der Waals surface area contributed by atoms with Crippen LogP contribution >= 0.6 is 11.3 Å². The molecule has 1 amide bonds. The molecule has 3 rings (SSSR count). The van der Waals surface area contributed by atoms with Gasteiger partial charge in [-0.05, 0) is 23.6 Å². The zero-order chi connectivity index (χ0) is 17.1. The van der Waals surface area contributed by atoms with E-state index in [4.69, 9.17) is 0 Å². The molecule has 0 saturated carbocycles. The first kappa shape index (κ1) is 16.1. The number of H-pyrrole nitrogens is 1. The topological polar surface area (TPSA) is 90.0 Å². The highest BCUT2D eigenvalue weighted by molar-refractivity contribution is 7.13. The second kappa shape index (κ2) is 6.76. The van der Waals surface area contributed by atoms with Gasteiger partial charge in [0.05, 0.1) is 10.4 Å². The molecule has 0 fully saturated rings. The van der Waals surface area contributed by atoms with Gasteiger partial charge in [-0.2, -0.15) is 0 Å². The highest BCUT2D eigenvalue weighted by atomic mass is 32.1. The lowest BCUT2D eigenvalue weighted by Gasteiger charge is -2.07. The summed E-state index contributed by atoms with van der Waals surface area (Å²) in [6.45, 7) is 4.30. The standard InChI is InChI=1S/C17H18N4O2S/c1-10(18-2)7-8-19-17(23)11-5-6-12(22)15-14(11)20-16(21-15)13-4-3-9-24-13/h3-6,9,18,22H,1,7-8H2,2H3,(H,19,23)(H,20,21). The molecule has 4 N–H and O–H groups in total. The van der Waals surface area contributed by atoms with Crippen molar-refractivity contribution in [2.24, 2.45) is 0 Å². The summed E-state index contributed by atoms with van der Waals surface area (Å²) in [5.74, 6) is 0.479. The van der Waals surface area contributed by atoms with E-state index in [1.165, 1.54) is 17.4 Å². The maximum Gasteiger partial charge on any atom is 0.253 e. The summed E-state index contributed by atoms with van der Waals surface area (Å²) in [6, 6.07) is 6.94. The molecule has 3 aromatic rings. The molecule has 0 spiro atoms. The summed E-state index contributed by atoms with van der Waals surface area (Å²) in [5.41, 5.74) is 2.21. The summed E-state index contributed by atoms with van der Waals surface area (Å²) in [6.07, 6.45) is 0.643. The fraction of sp³-hybridized carbons (Fsp3) is 0.176. The number of aromatic amines is 1. The molecular weight excluding hydrogens is 324 g/mol. The van der Waals surface area contributed by atoms with Crippen molar-refractivity contribution >= 4 is 28.3 Å². The SMILES string of the molecule is C=C(CCNC(=O)c1ccc(O)c2[nH]c(-c3cccs3)nc12)NC. The van der Waals surface area contributed by atoms with Gasteiger partial charge in [-0.1, -0.05) is 12.6 Å². The van der Waals surface area contributed by atoms with E-state index in [-0.39, 0.29) is 11.7 Å². The molecule has 7 heteroatoms. The molecule has 0 atom stereocenters. The van der Waals surface area contributed by atoms with Crippen LogP contribution in [-0.4, -0.2) is 34.6 Å². The van der Waals surface area contributed by atoms with Gasteiger partial charge in [0.1, 0.15) is 22.6 Å². The van der Waals surface area contributed by atoms with E-state index in [1.54, 1.807) is 13.1 Å². The van der Waals surface area contributed by atoms with Gasteiger partial charge in [0.2, 0.25) is 0 Å². The third-order valence-electron chi connectivity index (χ3n) is 3.69. The Kier molecular flexibility index (Phi) is 4.52. The first-order chi connectivity index (χ1) is 11.6. The van der Waals surface area contributed by atoms with Crippen molar-refractivity contribution in [3.63, 3.8) is 0 Å². The Balaban J connectivity index is 1.89. The fourth-order valence-corrected chi connectivity index (χ4v) is 3.01. The number of nitrogens with zero attached hydrogens (tertiary/aromatic N) is 1. The van der Waals surface area contributed by atoms with E-state index < -0.39 is 0 Å². The minimum Gasteiger partial charge on any atom is -0.506 e. The average molecular weight is 342 g/mol. The summed E-state index contributed by atoms with van der Waals surface area (Å²) in [7, 11) is 1.80. The summed E-state index contributed by atoms with van der Waals surface area (Å²) in [4.78, 5) is 21.0. The van der Waals surface area contributed by atoms with Crippen LogP contribution in [0, 0.1) is 0 Å². The van der Waals surface area contributed by atoms with Gasteiger partial charge in [0.25, 0.3) is 5.91 Å².